The summed E-state index contributed by atoms with van der Waals surface area (Å²) in [5.74, 6) is -0.432. The molecular weight excluding hydrogens is 245 g/mol. The van der Waals surface area contributed by atoms with Crippen molar-refractivity contribution >= 4 is 5.84 Å². The summed E-state index contributed by atoms with van der Waals surface area (Å²) in [5.41, 5.74) is 6.38. The molecule has 4 nitrogen and oxygen atoms in total. The summed E-state index contributed by atoms with van der Waals surface area (Å²) >= 11 is 0. The number of hydrogen-bond acceptors (Lipinski definition) is 3. The van der Waals surface area contributed by atoms with Gasteiger partial charge in [0.25, 0.3) is 0 Å². The molecule has 1 aliphatic rings. The van der Waals surface area contributed by atoms with E-state index in [1.54, 1.807) is 12.1 Å². The average molecular weight is 263 g/mol. The number of amidine groups is 1. The Hall–Kier alpha value is -1.88. The van der Waals surface area contributed by atoms with Crippen LogP contribution in [0.2, 0.25) is 0 Å². The second-order valence-corrected chi connectivity index (χ2v) is 4.65. The van der Waals surface area contributed by atoms with Crippen molar-refractivity contribution in [3.8, 4) is 0 Å². The maximum atomic E-state index is 13.9. The van der Waals surface area contributed by atoms with Gasteiger partial charge in [0.2, 0.25) is 0 Å². The lowest BCUT2D eigenvalue weighted by molar-refractivity contribution is 0.318. The third kappa shape index (κ3) is 3.54. The molecule has 1 unspecified atom stereocenters. The van der Waals surface area contributed by atoms with E-state index in [1.165, 1.54) is 6.07 Å². The lowest BCUT2D eigenvalue weighted by Crippen LogP contribution is -2.29. The van der Waals surface area contributed by atoms with Gasteiger partial charge in [0.1, 0.15) is 5.82 Å². The number of hydrogen-bond donors (Lipinski definition) is 3. The second kappa shape index (κ2) is 6.33. The molecule has 1 aromatic rings. The number of halogens is 1. The zero-order valence-corrected chi connectivity index (χ0v) is 10.6. The molecule has 0 fully saturated rings. The molecule has 5 heteroatoms. The summed E-state index contributed by atoms with van der Waals surface area (Å²) in [4.78, 5) is 0. The van der Waals surface area contributed by atoms with Gasteiger partial charge in [0.05, 0.1) is 0 Å². The van der Waals surface area contributed by atoms with E-state index in [1.807, 2.05) is 0 Å². The predicted octanol–water partition coefficient (Wildman–Crippen LogP) is 2.12. The quantitative estimate of drug-likeness (QED) is 0.256. The summed E-state index contributed by atoms with van der Waals surface area (Å²) in [5, 5.41) is 14.7. The summed E-state index contributed by atoms with van der Waals surface area (Å²) < 4.78 is 13.9. The first-order chi connectivity index (χ1) is 9.20. The molecule has 2 rings (SSSR count). The minimum absolute atomic E-state index is 0.0872. The number of nitrogens with zero attached hydrogens (tertiary/aromatic N) is 1. The molecule has 0 radical (unpaired) electrons. The zero-order valence-electron chi connectivity index (χ0n) is 10.6. The van der Waals surface area contributed by atoms with Crippen LogP contribution in [-0.4, -0.2) is 17.1 Å². The molecule has 0 aliphatic heterocycles. The average Bonchev–Trinajstić information content (AvgIpc) is 2.46. The van der Waals surface area contributed by atoms with Crippen molar-refractivity contribution in [2.75, 3.05) is 0 Å². The highest BCUT2D eigenvalue weighted by Gasteiger charge is 2.11. The van der Waals surface area contributed by atoms with Crippen LogP contribution in [0.4, 0.5) is 4.39 Å². The summed E-state index contributed by atoms with van der Waals surface area (Å²) in [6, 6.07) is 5.00. The Kier molecular flexibility index (Phi) is 4.52. The van der Waals surface area contributed by atoms with Gasteiger partial charge in [-0.05, 0) is 25.3 Å². The summed E-state index contributed by atoms with van der Waals surface area (Å²) in [6.07, 6.45) is 7.47. The van der Waals surface area contributed by atoms with Crippen LogP contribution in [0.25, 0.3) is 0 Å². The molecule has 1 aromatic carbocycles. The molecule has 102 valence electrons. The molecular formula is C14H18FN3O. The third-order valence-electron chi connectivity index (χ3n) is 3.31. The highest BCUT2D eigenvalue weighted by Crippen LogP contribution is 2.14. The molecule has 0 bridgehead atoms. The first kappa shape index (κ1) is 13.5. The predicted molar refractivity (Wildman–Crippen MR) is 72.5 cm³/mol. The fourth-order valence-corrected chi connectivity index (χ4v) is 2.14. The molecule has 1 aliphatic carbocycles. The van der Waals surface area contributed by atoms with Gasteiger partial charge in [-0.1, -0.05) is 29.4 Å². The smallest absolute Gasteiger partial charge is 0.170 e. The van der Waals surface area contributed by atoms with Gasteiger partial charge in [0, 0.05) is 23.7 Å². The second-order valence-electron chi connectivity index (χ2n) is 4.65. The van der Waals surface area contributed by atoms with Crippen molar-refractivity contribution in [1.29, 1.82) is 0 Å². The first-order valence-corrected chi connectivity index (χ1v) is 6.35. The van der Waals surface area contributed by atoms with Crippen molar-refractivity contribution in [1.82, 2.24) is 5.32 Å². The molecule has 0 spiro atoms. The lowest BCUT2D eigenvalue weighted by Gasteiger charge is -2.19. The Labute approximate surface area is 111 Å². The lowest BCUT2D eigenvalue weighted by atomic mass is 10.0. The minimum Gasteiger partial charge on any atom is -0.409 e. The molecule has 4 N–H and O–H groups in total. The number of nitrogens with two attached hydrogens (primary N) is 1. The fourth-order valence-electron chi connectivity index (χ4n) is 2.14. The van der Waals surface area contributed by atoms with Crippen molar-refractivity contribution in [3.63, 3.8) is 0 Å². The first-order valence-electron chi connectivity index (χ1n) is 6.35. The van der Waals surface area contributed by atoms with Gasteiger partial charge in [0.15, 0.2) is 5.84 Å². The summed E-state index contributed by atoms with van der Waals surface area (Å²) in [6.45, 7) is 0.487. The van der Waals surface area contributed by atoms with Crippen LogP contribution < -0.4 is 11.1 Å². The van der Waals surface area contributed by atoms with Crippen molar-refractivity contribution in [3.05, 3.63) is 47.3 Å². The van der Waals surface area contributed by atoms with E-state index in [9.17, 15) is 4.39 Å². The number of allylic oxidation sites excluding steroid dienone is 1. The third-order valence-corrected chi connectivity index (χ3v) is 3.31. The normalized spacial score (nSPS) is 19.6. The Morgan fingerprint density at radius 3 is 2.95 bits per heavy atom. The van der Waals surface area contributed by atoms with Gasteiger partial charge in [-0.15, -0.1) is 0 Å². The van der Waals surface area contributed by atoms with Crippen LogP contribution in [0.3, 0.4) is 0 Å². The van der Waals surface area contributed by atoms with Crippen LogP contribution in [0.5, 0.6) is 0 Å². The maximum Gasteiger partial charge on any atom is 0.170 e. The van der Waals surface area contributed by atoms with Crippen LogP contribution >= 0.6 is 0 Å². The van der Waals surface area contributed by atoms with Crippen LogP contribution in [0.1, 0.15) is 30.4 Å². The number of nitrogens with one attached hydrogen (secondary N) is 1. The highest BCUT2D eigenvalue weighted by molar-refractivity contribution is 5.97. The van der Waals surface area contributed by atoms with E-state index in [0.29, 0.717) is 23.7 Å². The number of oxime groups is 1. The van der Waals surface area contributed by atoms with Crippen LogP contribution in [-0.2, 0) is 6.54 Å². The number of benzene rings is 1. The van der Waals surface area contributed by atoms with Crippen molar-refractivity contribution in [2.45, 2.75) is 31.8 Å². The molecule has 0 amide bonds. The SMILES string of the molecule is NC(=NO)c1ccc(CNC2CC=CCC2)c(F)c1. The molecule has 0 aromatic heterocycles. The van der Waals surface area contributed by atoms with E-state index >= 15 is 0 Å². The van der Waals surface area contributed by atoms with Gasteiger partial charge < -0.3 is 16.3 Å². The molecule has 0 saturated heterocycles. The highest BCUT2D eigenvalue weighted by atomic mass is 19.1. The standard InChI is InChI=1S/C14H18FN3O/c15-13-8-10(14(16)18-19)6-7-11(13)9-17-12-4-2-1-3-5-12/h1-2,6-8,12,17,19H,3-5,9H2,(H2,16,18). The van der Waals surface area contributed by atoms with Gasteiger partial charge >= 0.3 is 0 Å². The van der Waals surface area contributed by atoms with E-state index in [4.69, 9.17) is 10.9 Å². The Bertz CT molecular complexity index is 499. The Morgan fingerprint density at radius 1 is 1.47 bits per heavy atom. The van der Waals surface area contributed by atoms with E-state index < -0.39 is 0 Å². The minimum atomic E-state index is -0.344. The maximum absolute atomic E-state index is 13.9. The van der Waals surface area contributed by atoms with Gasteiger partial charge in [-0.2, -0.15) is 0 Å². The summed E-state index contributed by atoms with van der Waals surface area (Å²) in [7, 11) is 0. The molecule has 0 saturated carbocycles. The van der Waals surface area contributed by atoms with Crippen LogP contribution in [0.15, 0.2) is 35.5 Å². The van der Waals surface area contributed by atoms with E-state index in [-0.39, 0.29) is 11.7 Å². The topological polar surface area (TPSA) is 70.6 Å². The zero-order chi connectivity index (χ0) is 13.7. The molecule has 1 atom stereocenters. The molecule has 0 heterocycles. The fraction of sp³-hybridized carbons (Fsp3) is 0.357. The van der Waals surface area contributed by atoms with E-state index in [2.05, 4.69) is 22.6 Å². The Balaban J connectivity index is 1.99. The Morgan fingerprint density at radius 2 is 2.32 bits per heavy atom. The van der Waals surface area contributed by atoms with Gasteiger partial charge in [-0.25, -0.2) is 4.39 Å². The van der Waals surface area contributed by atoms with Crippen LogP contribution in [0, 0.1) is 5.82 Å². The largest absolute Gasteiger partial charge is 0.409 e. The molecule has 19 heavy (non-hydrogen) atoms. The van der Waals surface area contributed by atoms with Gasteiger partial charge in [-0.3, -0.25) is 0 Å². The van der Waals surface area contributed by atoms with E-state index in [0.717, 1.165) is 19.3 Å². The van der Waals surface area contributed by atoms with Crippen molar-refractivity contribution in [2.24, 2.45) is 10.9 Å². The number of rotatable bonds is 4. The monoisotopic (exact) mass is 263 g/mol. The van der Waals surface area contributed by atoms with Crippen molar-refractivity contribution < 1.29 is 9.60 Å².